The van der Waals surface area contributed by atoms with Crippen LogP contribution in [0.15, 0.2) is 24.3 Å². The number of carbonyl (C=O) groups excluding carboxylic acids is 2. The molecule has 2 atom stereocenters. The lowest BCUT2D eigenvalue weighted by Gasteiger charge is -2.27. The normalized spacial score (nSPS) is 22.6. The molecule has 2 amide bonds. The zero-order valence-corrected chi connectivity index (χ0v) is 14.6. The van der Waals surface area contributed by atoms with Gasteiger partial charge in [-0.2, -0.15) is 0 Å². The first-order chi connectivity index (χ1) is 11.8. The first-order valence-electron chi connectivity index (χ1n) is 8.68. The summed E-state index contributed by atoms with van der Waals surface area (Å²) in [7, 11) is 0. The van der Waals surface area contributed by atoms with Crippen LogP contribution in [0.25, 0.3) is 0 Å². The van der Waals surface area contributed by atoms with Crippen LogP contribution in [0.4, 0.5) is 0 Å². The Morgan fingerprint density at radius 2 is 1.92 bits per heavy atom. The molecule has 1 aromatic carbocycles. The third-order valence-corrected chi connectivity index (χ3v) is 5.30. The summed E-state index contributed by atoms with van der Waals surface area (Å²) in [5.74, 6) is -1.92. The molecule has 1 saturated carbocycles. The Labute approximate surface area is 147 Å². The highest BCUT2D eigenvalue weighted by Gasteiger charge is 2.49. The molecular weight excluding hydrogens is 320 g/mol. The second-order valence-corrected chi connectivity index (χ2v) is 7.43. The van der Waals surface area contributed by atoms with Crippen LogP contribution in [0.1, 0.15) is 37.3 Å². The highest BCUT2D eigenvalue weighted by molar-refractivity contribution is 5.92. The number of aryl methyl sites for hydroxylation is 1. The molecule has 6 nitrogen and oxygen atoms in total. The third kappa shape index (κ3) is 3.67. The number of likely N-dealkylation sites (tertiary alicyclic amines) is 1. The Morgan fingerprint density at radius 3 is 2.48 bits per heavy atom. The summed E-state index contributed by atoms with van der Waals surface area (Å²) in [6.45, 7) is 4.37. The molecule has 134 valence electrons. The van der Waals surface area contributed by atoms with E-state index in [9.17, 15) is 19.5 Å². The van der Waals surface area contributed by atoms with E-state index in [-0.39, 0.29) is 24.2 Å². The van der Waals surface area contributed by atoms with E-state index in [2.05, 4.69) is 5.32 Å². The number of nitrogens with one attached hydrogen (secondary N) is 1. The van der Waals surface area contributed by atoms with E-state index in [4.69, 9.17) is 0 Å². The minimum Gasteiger partial charge on any atom is -0.480 e. The summed E-state index contributed by atoms with van der Waals surface area (Å²) in [4.78, 5) is 38.0. The molecule has 1 aromatic rings. The molecule has 0 bridgehead atoms. The second kappa shape index (κ2) is 6.50. The van der Waals surface area contributed by atoms with Gasteiger partial charge in [-0.25, -0.2) is 4.79 Å². The lowest BCUT2D eigenvalue weighted by Crippen LogP contribution is -2.55. The summed E-state index contributed by atoms with van der Waals surface area (Å²) >= 11 is 0. The molecule has 1 heterocycles. The van der Waals surface area contributed by atoms with Crippen molar-refractivity contribution in [2.75, 3.05) is 6.54 Å². The highest BCUT2D eigenvalue weighted by Crippen LogP contribution is 2.40. The van der Waals surface area contributed by atoms with Gasteiger partial charge in [0.15, 0.2) is 0 Å². The van der Waals surface area contributed by atoms with Crippen LogP contribution in [-0.4, -0.2) is 39.9 Å². The molecule has 0 spiro atoms. The van der Waals surface area contributed by atoms with Gasteiger partial charge in [-0.15, -0.1) is 0 Å². The second-order valence-electron chi connectivity index (χ2n) is 7.43. The number of carbonyl (C=O) groups is 3. The zero-order valence-electron chi connectivity index (χ0n) is 14.6. The molecule has 1 aliphatic heterocycles. The third-order valence-electron chi connectivity index (χ3n) is 5.30. The smallest absolute Gasteiger partial charge is 0.329 e. The van der Waals surface area contributed by atoms with Crippen molar-refractivity contribution in [3.63, 3.8) is 0 Å². The number of hydrogen-bond acceptors (Lipinski definition) is 3. The van der Waals surface area contributed by atoms with Gasteiger partial charge in [-0.1, -0.05) is 29.8 Å². The van der Waals surface area contributed by atoms with Crippen molar-refractivity contribution in [3.8, 4) is 0 Å². The Morgan fingerprint density at radius 1 is 1.28 bits per heavy atom. The summed E-state index contributed by atoms with van der Waals surface area (Å²) in [5, 5.41) is 12.2. The molecule has 0 radical (unpaired) electrons. The van der Waals surface area contributed by atoms with Gasteiger partial charge in [0.05, 0.1) is 5.92 Å². The summed E-state index contributed by atoms with van der Waals surface area (Å²) in [5.41, 5.74) is 0.944. The quantitative estimate of drug-likeness (QED) is 0.822. The fourth-order valence-corrected chi connectivity index (χ4v) is 3.36. The summed E-state index contributed by atoms with van der Waals surface area (Å²) in [6.07, 6.45) is 1.76. The molecule has 2 N–H and O–H groups in total. The number of amides is 2. The van der Waals surface area contributed by atoms with Crippen LogP contribution in [0.3, 0.4) is 0 Å². The van der Waals surface area contributed by atoms with E-state index in [0.29, 0.717) is 13.1 Å². The Bertz CT molecular complexity index is 696. The lowest BCUT2D eigenvalue weighted by atomic mass is 9.94. The van der Waals surface area contributed by atoms with Crippen molar-refractivity contribution < 1.29 is 19.5 Å². The number of hydrogen-bond donors (Lipinski definition) is 2. The molecule has 0 aromatic heterocycles. The van der Waals surface area contributed by atoms with E-state index in [1.807, 2.05) is 31.2 Å². The van der Waals surface area contributed by atoms with Gasteiger partial charge in [0.1, 0.15) is 5.54 Å². The number of benzene rings is 1. The summed E-state index contributed by atoms with van der Waals surface area (Å²) < 4.78 is 0. The minimum absolute atomic E-state index is 0.0188. The number of nitrogens with zero attached hydrogens (tertiary/aromatic N) is 1. The largest absolute Gasteiger partial charge is 0.480 e. The van der Waals surface area contributed by atoms with Crippen LogP contribution >= 0.6 is 0 Å². The van der Waals surface area contributed by atoms with Crippen LogP contribution < -0.4 is 5.32 Å². The monoisotopic (exact) mass is 344 g/mol. The number of carboxylic acid groups (broad SMARTS) is 1. The maximum absolute atomic E-state index is 12.5. The molecule has 6 heteroatoms. The van der Waals surface area contributed by atoms with Gasteiger partial charge in [0, 0.05) is 19.5 Å². The van der Waals surface area contributed by atoms with Crippen molar-refractivity contribution >= 4 is 17.8 Å². The molecule has 2 aliphatic rings. The predicted octanol–water partition coefficient (Wildman–Crippen LogP) is 1.71. The van der Waals surface area contributed by atoms with Gasteiger partial charge in [0.25, 0.3) is 0 Å². The van der Waals surface area contributed by atoms with Crippen molar-refractivity contribution in [3.05, 3.63) is 35.4 Å². The van der Waals surface area contributed by atoms with E-state index >= 15 is 0 Å². The van der Waals surface area contributed by atoms with E-state index in [1.165, 1.54) is 0 Å². The van der Waals surface area contributed by atoms with E-state index in [1.54, 1.807) is 11.8 Å². The van der Waals surface area contributed by atoms with Crippen LogP contribution in [0.2, 0.25) is 0 Å². The van der Waals surface area contributed by atoms with Crippen molar-refractivity contribution in [2.45, 2.75) is 45.2 Å². The Kier molecular flexibility index (Phi) is 4.54. The van der Waals surface area contributed by atoms with Gasteiger partial charge < -0.3 is 15.3 Å². The topological polar surface area (TPSA) is 86.7 Å². The fourth-order valence-electron chi connectivity index (χ4n) is 3.36. The standard InChI is InChI=1S/C19H24N2O4/c1-12-3-5-13(6-4-12)10-21-11-14(9-16(21)22)17(23)20-19(2,18(24)25)15-7-8-15/h3-6,14-15H,7-11H2,1-2H3,(H,20,23)(H,24,25)/t14-,19+/m1/s1. The first-order valence-corrected chi connectivity index (χ1v) is 8.68. The maximum Gasteiger partial charge on any atom is 0.329 e. The number of carboxylic acids is 1. The van der Waals surface area contributed by atoms with Gasteiger partial charge in [0.2, 0.25) is 11.8 Å². The predicted molar refractivity (Wildman–Crippen MR) is 91.6 cm³/mol. The van der Waals surface area contributed by atoms with Gasteiger partial charge in [-0.3, -0.25) is 9.59 Å². The SMILES string of the molecule is Cc1ccc(CN2C[C@H](C(=O)N[C@](C)(C(=O)O)C3CC3)CC2=O)cc1. The summed E-state index contributed by atoms with van der Waals surface area (Å²) in [6, 6.07) is 7.94. The van der Waals surface area contributed by atoms with Crippen LogP contribution in [-0.2, 0) is 20.9 Å². The Balaban J connectivity index is 1.62. The van der Waals surface area contributed by atoms with Gasteiger partial charge in [-0.05, 0) is 38.2 Å². The van der Waals surface area contributed by atoms with Crippen molar-refractivity contribution in [1.82, 2.24) is 10.2 Å². The molecule has 3 rings (SSSR count). The average Bonchev–Trinajstić information content (AvgIpc) is 3.35. The lowest BCUT2D eigenvalue weighted by molar-refractivity contribution is -0.148. The van der Waals surface area contributed by atoms with Crippen molar-refractivity contribution in [1.29, 1.82) is 0 Å². The molecule has 1 aliphatic carbocycles. The van der Waals surface area contributed by atoms with Gasteiger partial charge >= 0.3 is 5.97 Å². The zero-order chi connectivity index (χ0) is 18.2. The first kappa shape index (κ1) is 17.5. The molecular formula is C19H24N2O4. The van der Waals surface area contributed by atoms with Crippen LogP contribution in [0.5, 0.6) is 0 Å². The molecule has 0 unspecified atom stereocenters. The Hall–Kier alpha value is -2.37. The number of rotatable bonds is 6. The average molecular weight is 344 g/mol. The van der Waals surface area contributed by atoms with Crippen LogP contribution in [0, 0.1) is 18.8 Å². The molecule has 2 fully saturated rings. The molecule has 1 saturated heterocycles. The van der Waals surface area contributed by atoms with Crippen molar-refractivity contribution in [2.24, 2.45) is 11.8 Å². The van der Waals surface area contributed by atoms with E-state index in [0.717, 1.165) is 24.0 Å². The highest BCUT2D eigenvalue weighted by atomic mass is 16.4. The van der Waals surface area contributed by atoms with E-state index < -0.39 is 17.4 Å². The molecule has 25 heavy (non-hydrogen) atoms. The minimum atomic E-state index is -1.23. The fraction of sp³-hybridized carbons (Fsp3) is 0.526. The number of aliphatic carboxylic acids is 1. The maximum atomic E-state index is 12.5.